The van der Waals surface area contributed by atoms with Crippen LogP contribution < -0.4 is 5.73 Å². The van der Waals surface area contributed by atoms with Crippen LogP contribution >= 0.6 is 0 Å². The van der Waals surface area contributed by atoms with Crippen LogP contribution in [0.4, 0.5) is 0 Å². The van der Waals surface area contributed by atoms with Gasteiger partial charge in [-0.3, -0.25) is 4.79 Å². The van der Waals surface area contributed by atoms with E-state index >= 15 is 0 Å². The Kier molecular flexibility index (Phi) is 5.35. The van der Waals surface area contributed by atoms with Crippen molar-refractivity contribution in [2.24, 2.45) is 11.7 Å². The summed E-state index contributed by atoms with van der Waals surface area (Å²) >= 11 is 0. The van der Waals surface area contributed by atoms with Gasteiger partial charge in [-0.1, -0.05) is 0 Å². The molecule has 1 aliphatic rings. The lowest BCUT2D eigenvalue weighted by Gasteiger charge is -2.31. The Bertz CT molecular complexity index is 353. The SMILES string of the molecule is COC(=O)CS(=O)(=O)N1CCCC(CCN)C1. The van der Waals surface area contributed by atoms with E-state index in [2.05, 4.69) is 4.74 Å². The molecule has 0 amide bonds. The van der Waals surface area contributed by atoms with Crippen molar-refractivity contribution in [1.82, 2.24) is 4.31 Å². The largest absolute Gasteiger partial charge is 0.468 e. The maximum Gasteiger partial charge on any atom is 0.322 e. The molecule has 6 nitrogen and oxygen atoms in total. The van der Waals surface area contributed by atoms with Crippen molar-refractivity contribution in [3.05, 3.63) is 0 Å². The number of esters is 1. The average Bonchev–Trinajstić information content (AvgIpc) is 2.29. The van der Waals surface area contributed by atoms with Crippen LogP contribution in [-0.4, -0.2) is 51.2 Å². The third-order valence-corrected chi connectivity index (χ3v) is 4.70. The van der Waals surface area contributed by atoms with Crippen LogP contribution in [0.3, 0.4) is 0 Å². The highest BCUT2D eigenvalue weighted by atomic mass is 32.2. The molecule has 17 heavy (non-hydrogen) atoms. The van der Waals surface area contributed by atoms with Crippen LogP contribution in [0.15, 0.2) is 0 Å². The molecule has 0 bridgehead atoms. The van der Waals surface area contributed by atoms with Crippen molar-refractivity contribution in [3.8, 4) is 0 Å². The van der Waals surface area contributed by atoms with Crippen molar-refractivity contribution in [1.29, 1.82) is 0 Å². The molecule has 0 aromatic rings. The Hall–Kier alpha value is -0.660. The zero-order valence-electron chi connectivity index (χ0n) is 10.1. The lowest BCUT2D eigenvalue weighted by Crippen LogP contribution is -2.42. The molecule has 1 rings (SSSR count). The van der Waals surface area contributed by atoms with E-state index in [1.807, 2.05) is 0 Å². The zero-order valence-corrected chi connectivity index (χ0v) is 10.9. The van der Waals surface area contributed by atoms with Crippen LogP contribution in [0, 0.1) is 5.92 Å². The standard InChI is InChI=1S/C10H20N2O4S/c1-16-10(13)8-17(14,15)12-6-2-3-9(7-12)4-5-11/h9H,2-8,11H2,1H3. The average molecular weight is 264 g/mol. The summed E-state index contributed by atoms with van der Waals surface area (Å²) in [5.74, 6) is -0.981. The molecule has 2 N–H and O–H groups in total. The highest BCUT2D eigenvalue weighted by Gasteiger charge is 2.30. The molecule has 0 aromatic carbocycles. The highest BCUT2D eigenvalue weighted by Crippen LogP contribution is 2.21. The minimum Gasteiger partial charge on any atom is -0.468 e. The first-order chi connectivity index (χ1) is 7.99. The Morgan fingerprint density at radius 1 is 1.53 bits per heavy atom. The summed E-state index contributed by atoms with van der Waals surface area (Å²) in [6.45, 7) is 1.52. The predicted molar refractivity (Wildman–Crippen MR) is 63.8 cm³/mol. The lowest BCUT2D eigenvalue weighted by molar-refractivity contribution is -0.137. The predicted octanol–water partition coefficient (Wildman–Crippen LogP) is -0.450. The summed E-state index contributed by atoms with van der Waals surface area (Å²) in [7, 11) is -2.34. The molecule has 1 unspecified atom stereocenters. The van der Waals surface area contributed by atoms with Crippen LogP contribution in [0.2, 0.25) is 0 Å². The summed E-state index contributed by atoms with van der Waals surface area (Å²) < 4.78 is 29.6. The summed E-state index contributed by atoms with van der Waals surface area (Å²) in [6, 6.07) is 0. The molecular formula is C10H20N2O4S. The number of nitrogens with zero attached hydrogens (tertiary/aromatic N) is 1. The van der Waals surface area contributed by atoms with E-state index in [1.165, 1.54) is 11.4 Å². The van der Waals surface area contributed by atoms with Gasteiger partial charge >= 0.3 is 5.97 Å². The highest BCUT2D eigenvalue weighted by molar-refractivity contribution is 7.89. The topological polar surface area (TPSA) is 89.7 Å². The van der Waals surface area contributed by atoms with Crippen molar-refractivity contribution in [2.75, 3.05) is 32.5 Å². The van der Waals surface area contributed by atoms with Crippen LogP contribution in [0.5, 0.6) is 0 Å². The Balaban J connectivity index is 2.61. The van der Waals surface area contributed by atoms with Gasteiger partial charge in [-0.2, -0.15) is 0 Å². The number of hydrogen-bond acceptors (Lipinski definition) is 5. The fourth-order valence-corrected chi connectivity index (χ4v) is 3.49. The first-order valence-corrected chi connectivity index (χ1v) is 7.35. The van der Waals surface area contributed by atoms with Gasteiger partial charge in [0.25, 0.3) is 0 Å². The number of ether oxygens (including phenoxy) is 1. The molecule has 0 radical (unpaired) electrons. The molecule has 0 saturated carbocycles. The second-order valence-corrected chi connectivity index (χ2v) is 6.24. The third kappa shape index (κ3) is 4.25. The number of nitrogens with two attached hydrogens (primary N) is 1. The monoisotopic (exact) mass is 264 g/mol. The summed E-state index contributed by atoms with van der Waals surface area (Å²) in [4.78, 5) is 11.0. The first-order valence-electron chi connectivity index (χ1n) is 5.74. The molecule has 0 spiro atoms. The number of piperidine rings is 1. The molecule has 1 saturated heterocycles. The van der Waals surface area contributed by atoms with Crippen molar-refractivity contribution < 1.29 is 17.9 Å². The summed E-state index contributed by atoms with van der Waals surface area (Å²) in [5, 5.41) is 0. The van der Waals surface area contributed by atoms with Gasteiger partial charge in [-0.25, -0.2) is 12.7 Å². The minimum absolute atomic E-state index is 0.307. The second-order valence-electron chi connectivity index (χ2n) is 4.28. The van der Waals surface area contributed by atoms with E-state index in [4.69, 9.17) is 5.73 Å². The first kappa shape index (κ1) is 14.4. The van der Waals surface area contributed by atoms with Crippen molar-refractivity contribution >= 4 is 16.0 Å². The number of hydrogen-bond donors (Lipinski definition) is 1. The van der Waals surface area contributed by atoms with Crippen molar-refractivity contribution in [2.45, 2.75) is 19.3 Å². The van der Waals surface area contributed by atoms with Crippen LogP contribution in [0.1, 0.15) is 19.3 Å². The lowest BCUT2D eigenvalue weighted by atomic mass is 9.96. The molecule has 0 aromatic heterocycles. The molecule has 100 valence electrons. The zero-order chi connectivity index (χ0) is 12.9. The van der Waals surface area contributed by atoms with E-state index < -0.39 is 21.7 Å². The van der Waals surface area contributed by atoms with Gasteiger partial charge in [0.2, 0.25) is 10.0 Å². The van der Waals surface area contributed by atoms with E-state index in [9.17, 15) is 13.2 Å². The smallest absolute Gasteiger partial charge is 0.322 e. The normalized spacial score (nSPS) is 22.4. The molecule has 1 atom stereocenters. The maximum absolute atomic E-state index is 11.9. The molecule has 1 aliphatic heterocycles. The summed E-state index contributed by atoms with van der Waals surface area (Å²) in [6.07, 6.45) is 2.65. The molecular weight excluding hydrogens is 244 g/mol. The van der Waals surface area contributed by atoms with E-state index in [1.54, 1.807) is 0 Å². The Morgan fingerprint density at radius 3 is 2.82 bits per heavy atom. The molecule has 1 heterocycles. The van der Waals surface area contributed by atoms with Gasteiger partial charge in [0, 0.05) is 13.1 Å². The molecule has 0 aliphatic carbocycles. The fraction of sp³-hybridized carbons (Fsp3) is 0.900. The molecule has 7 heteroatoms. The van der Waals surface area contributed by atoms with Gasteiger partial charge in [-0.15, -0.1) is 0 Å². The van der Waals surface area contributed by atoms with E-state index in [-0.39, 0.29) is 0 Å². The maximum atomic E-state index is 11.9. The van der Waals surface area contributed by atoms with Gasteiger partial charge < -0.3 is 10.5 Å². The van der Waals surface area contributed by atoms with Crippen molar-refractivity contribution in [3.63, 3.8) is 0 Å². The number of sulfonamides is 1. The quantitative estimate of drug-likeness (QED) is 0.679. The number of methoxy groups -OCH3 is 1. The fourth-order valence-electron chi connectivity index (χ4n) is 2.05. The van der Waals surface area contributed by atoms with Gasteiger partial charge in [0.15, 0.2) is 5.75 Å². The van der Waals surface area contributed by atoms with Gasteiger partial charge in [0.1, 0.15) is 0 Å². The van der Waals surface area contributed by atoms with Crippen LogP contribution in [0.25, 0.3) is 0 Å². The van der Waals surface area contributed by atoms with Gasteiger partial charge in [0.05, 0.1) is 7.11 Å². The Morgan fingerprint density at radius 2 is 2.24 bits per heavy atom. The van der Waals surface area contributed by atoms with E-state index in [0.717, 1.165) is 19.3 Å². The Labute approximate surface area is 102 Å². The van der Waals surface area contributed by atoms with Gasteiger partial charge in [-0.05, 0) is 31.7 Å². The number of carbonyl (C=O) groups is 1. The van der Waals surface area contributed by atoms with Crippen LogP contribution in [-0.2, 0) is 19.6 Å². The number of rotatable bonds is 5. The number of carbonyl (C=O) groups excluding carboxylic acids is 1. The third-order valence-electron chi connectivity index (χ3n) is 2.98. The van der Waals surface area contributed by atoms with E-state index in [0.29, 0.717) is 25.6 Å². The second kappa shape index (κ2) is 6.32. The molecule has 1 fully saturated rings. The minimum atomic E-state index is -3.53. The summed E-state index contributed by atoms with van der Waals surface area (Å²) in [5.41, 5.74) is 5.47.